The maximum Gasteiger partial charge on any atom is 0.321 e. The number of carbonyl (C=O) groups is 2. The number of carboxylic acid groups (broad SMARTS) is 1. The molecule has 1 saturated heterocycles. The maximum atomic E-state index is 12.2. The largest absolute Gasteiger partial charge is 0.481 e. The SMILES string of the molecule is O=C(O)C1CCN(C(=O)Nc2c(Br)cccc2Br)CC1. The topological polar surface area (TPSA) is 69.6 Å². The van der Waals surface area contributed by atoms with Crippen LogP contribution in [0.25, 0.3) is 0 Å². The summed E-state index contributed by atoms with van der Waals surface area (Å²) in [5.74, 6) is -1.12. The molecule has 2 amide bonds. The first-order valence-corrected chi connectivity index (χ1v) is 7.80. The number of hydrogen-bond donors (Lipinski definition) is 2. The monoisotopic (exact) mass is 404 g/mol. The van der Waals surface area contributed by atoms with Gasteiger partial charge >= 0.3 is 12.0 Å². The lowest BCUT2D eigenvalue weighted by Crippen LogP contribution is -2.42. The van der Waals surface area contributed by atoms with Gasteiger partial charge in [-0.3, -0.25) is 4.79 Å². The van der Waals surface area contributed by atoms with Crippen molar-refractivity contribution in [2.75, 3.05) is 18.4 Å². The molecule has 1 aromatic carbocycles. The van der Waals surface area contributed by atoms with Crippen molar-refractivity contribution in [1.82, 2.24) is 4.90 Å². The van der Waals surface area contributed by atoms with Crippen LogP contribution in [0.15, 0.2) is 27.1 Å². The zero-order valence-corrected chi connectivity index (χ0v) is 13.8. The van der Waals surface area contributed by atoms with E-state index in [0.29, 0.717) is 31.6 Å². The minimum atomic E-state index is -0.779. The van der Waals surface area contributed by atoms with E-state index >= 15 is 0 Å². The number of halogens is 2. The molecule has 20 heavy (non-hydrogen) atoms. The second-order valence-corrected chi connectivity index (χ2v) is 6.34. The molecular formula is C13H14Br2N2O3. The molecule has 0 unspecified atom stereocenters. The van der Waals surface area contributed by atoms with Crippen molar-refractivity contribution in [2.45, 2.75) is 12.8 Å². The van der Waals surface area contributed by atoms with Crippen LogP contribution < -0.4 is 5.32 Å². The Kier molecular flexibility index (Phi) is 5.04. The van der Waals surface area contributed by atoms with Gasteiger partial charge < -0.3 is 15.3 Å². The summed E-state index contributed by atoms with van der Waals surface area (Å²) in [5.41, 5.74) is 0.679. The number of carbonyl (C=O) groups excluding carboxylic acids is 1. The summed E-state index contributed by atoms with van der Waals surface area (Å²) in [6.45, 7) is 0.926. The first-order valence-electron chi connectivity index (χ1n) is 6.22. The average Bonchev–Trinajstić information content (AvgIpc) is 2.43. The van der Waals surface area contributed by atoms with Gasteiger partial charge in [0.1, 0.15) is 0 Å². The molecule has 0 atom stereocenters. The molecule has 0 aromatic heterocycles. The fraction of sp³-hybridized carbons (Fsp3) is 0.385. The quantitative estimate of drug-likeness (QED) is 0.790. The number of carboxylic acids is 1. The smallest absolute Gasteiger partial charge is 0.321 e. The molecule has 1 aliphatic heterocycles. The zero-order valence-electron chi connectivity index (χ0n) is 10.6. The van der Waals surface area contributed by atoms with Crippen LogP contribution in [0.2, 0.25) is 0 Å². The number of piperidine rings is 1. The number of benzene rings is 1. The fourth-order valence-corrected chi connectivity index (χ4v) is 3.33. The third-order valence-corrected chi connectivity index (χ3v) is 4.65. The molecule has 0 saturated carbocycles. The van der Waals surface area contributed by atoms with Crippen LogP contribution in [-0.2, 0) is 4.79 Å². The first-order chi connectivity index (χ1) is 9.49. The van der Waals surface area contributed by atoms with Crippen molar-refractivity contribution in [3.63, 3.8) is 0 Å². The number of rotatable bonds is 2. The van der Waals surface area contributed by atoms with Crippen molar-refractivity contribution in [3.8, 4) is 0 Å². The first kappa shape index (κ1) is 15.3. The number of amides is 2. The lowest BCUT2D eigenvalue weighted by atomic mass is 9.97. The summed E-state index contributed by atoms with van der Waals surface area (Å²) in [4.78, 5) is 24.7. The number of anilines is 1. The number of aliphatic carboxylic acids is 1. The number of urea groups is 1. The summed E-state index contributed by atoms with van der Waals surface area (Å²) in [5, 5.41) is 11.8. The molecular weight excluding hydrogens is 392 g/mol. The normalized spacial score (nSPS) is 16.0. The van der Waals surface area contributed by atoms with Crippen molar-refractivity contribution in [1.29, 1.82) is 0 Å². The van der Waals surface area contributed by atoms with E-state index in [1.807, 2.05) is 18.2 Å². The van der Waals surface area contributed by atoms with E-state index in [1.165, 1.54) is 0 Å². The van der Waals surface area contributed by atoms with Gasteiger partial charge in [-0.15, -0.1) is 0 Å². The Morgan fingerprint density at radius 1 is 1.20 bits per heavy atom. The number of hydrogen-bond acceptors (Lipinski definition) is 2. The Hall–Kier alpha value is -1.08. The lowest BCUT2D eigenvalue weighted by molar-refractivity contribution is -0.143. The van der Waals surface area contributed by atoms with Gasteiger partial charge in [0.2, 0.25) is 0 Å². The van der Waals surface area contributed by atoms with E-state index in [0.717, 1.165) is 8.95 Å². The molecule has 1 heterocycles. The van der Waals surface area contributed by atoms with Crippen molar-refractivity contribution in [3.05, 3.63) is 27.1 Å². The van der Waals surface area contributed by atoms with E-state index in [1.54, 1.807) is 4.90 Å². The molecule has 0 radical (unpaired) electrons. The van der Waals surface area contributed by atoms with Gasteiger partial charge in [0, 0.05) is 22.0 Å². The molecule has 7 heteroatoms. The number of para-hydroxylation sites is 1. The zero-order chi connectivity index (χ0) is 14.7. The van der Waals surface area contributed by atoms with Crippen LogP contribution in [0.3, 0.4) is 0 Å². The Labute approximate surface area is 133 Å². The van der Waals surface area contributed by atoms with Gasteiger partial charge in [-0.1, -0.05) is 6.07 Å². The van der Waals surface area contributed by atoms with Gasteiger partial charge in [0.05, 0.1) is 11.6 Å². The predicted octanol–water partition coefficient (Wildman–Crippen LogP) is 3.54. The molecule has 0 aliphatic carbocycles. The van der Waals surface area contributed by atoms with E-state index in [4.69, 9.17) is 5.11 Å². The average molecular weight is 406 g/mol. The van der Waals surface area contributed by atoms with Gasteiger partial charge in [0.25, 0.3) is 0 Å². The molecule has 1 aromatic rings. The van der Waals surface area contributed by atoms with Crippen LogP contribution in [0, 0.1) is 5.92 Å². The van der Waals surface area contributed by atoms with E-state index in [2.05, 4.69) is 37.2 Å². The highest BCUT2D eigenvalue weighted by Gasteiger charge is 2.27. The molecule has 2 rings (SSSR count). The third kappa shape index (κ3) is 3.52. The van der Waals surface area contributed by atoms with E-state index < -0.39 is 5.97 Å². The summed E-state index contributed by atoms with van der Waals surface area (Å²) >= 11 is 6.77. The van der Waals surface area contributed by atoms with Crippen LogP contribution in [0.1, 0.15) is 12.8 Å². The van der Waals surface area contributed by atoms with Crippen molar-refractivity contribution < 1.29 is 14.7 Å². The van der Waals surface area contributed by atoms with Gasteiger partial charge in [0.15, 0.2) is 0 Å². The van der Waals surface area contributed by atoms with Crippen molar-refractivity contribution in [2.24, 2.45) is 5.92 Å². The molecule has 1 fully saturated rings. The van der Waals surface area contributed by atoms with Crippen LogP contribution in [0.5, 0.6) is 0 Å². The summed E-state index contributed by atoms with van der Waals surface area (Å²) in [6, 6.07) is 5.34. The molecule has 2 N–H and O–H groups in total. The molecule has 0 spiro atoms. The number of nitrogens with zero attached hydrogens (tertiary/aromatic N) is 1. The molecule has 5 nitrogen and oxygen atoms in total. The van der Waals surface area contributed by atoms with E-state index in [-0.39, 0.29) is 11.9 Å². The second-order valence-electron chi connectivity index (χ2n) is 4.63. The minimum Gasteiger partial charge on any atom is -0.481 e. The van der Waals surface area contributed by atoms with Crippen LogP contribution >= 0.6 is 31.9 Å². The van der Waals surface area contributed by atoms with Gasteiger partial charge in [-0.05, 0) is 56.8 Å². The Morgan fingerprint density at radius 2 is 1.75 bits per heavy atom. The third-order valence-electron chi connectivity index (χ3n) is 3.33. The Balaban J connectivity index is 1.98. The standard InChI is InChI=1S/C13H14Br2N2O3/c14-9-2-1-3-10(15)11(9)16-13(20)17-6-4-8(5-7-17)12(18)19/h1-3,8H,4-7H2,(H,16,20)(H,18,19). The highest BCUT2D eigenvalue weighted by atomic mass is 79.9. The molecule has 0 bridgehead atoms. The number of likely N-dealkylation sites (tertiary alicyclic amines) is 1. The minimum absolute atomic E-state index is 0.207. The highest BCUT2D eigenvalue weighted by Crippen LogP contribution is 2.31. The van der Waals surface area contributed by atoms with Gasteiger partial charge in [-0.2, -0.15) is 0 Å². The summed E-state index contributed by atoms with van der Waals surface area (Å²) in [7, 11) is 0. The lowest BCUT2D eigenvalue weighted by Gasteiger charge is -2.30. The Bertz CT molecular complexity index is 508. The fourth-order valence-electron chi connectivity index (χ4n) is 2.13. The summed E-state index contributed by atoms with van der Waals surface area (Å²) in [6.07, 6.45) is 1.000. The second kappa shape index (κ2) is 6.58. The molecule has 108 valence electrons. The molecule has 1 aliphatic rings. The summed E-state index contributed by atoms with van der Waals surface area (Å²) < 4.78 is 1.58. The van der Waals surface area contributed by atoms with Gasteiger partial charge in [-0.25, -0.2) is 4.79 Å². The maximum absolute atomic E-state index is 12.2. The van der Waals surface area contributed by atoms with Crippen LogP contribution in [-0.4, -0.2) is 35.1 Å². The van der Waals surface area contributed by atoms with Crippen molar-refractivity contribution >= 4 is 49.5 Å². The van der Waals surface area contributed by atoms with E-state index in [9.17, 15) is 9.59 Å². The predicted molar refractivity (Wildman–Crippen MR) is 82.8 cm³/mol. The Morgan fingerprint density at radius 3 is 2.25 bits per heavy atom. The van der Waals surface area contributed by atoms with Crippen LogP contribution in [0.4, 0.5) is 10.5 Å². The number of nitrogens with one attached hydrogen (secondary N) is 1. The highest BCUT2D eigenvalue weighted by molar-refractivity contribution is 9.11.